The maximum atomic E-state index is 5.73. The highest BCUT2D eigenvalue weighted by Crippen LogP contribution is 2.20. The Kier molecular flexibility index (Phi) is 2.64. The summed E-state index contributed by atoms with van der Waals surface area (Å²) < 4.78 is 7.59. The second-order valence-corrected chi connectivity index (χ2v) is 3.80. The topological polar surface area (TPSA) is 53.1 Å². The van der Waals surface area contributed by atoms with E-state index < -0.39 is 0 Å². The number of aromatic nitrogens is 2. The molecule has 0 radical (unpaired) electrons. The van der Waals surface area contributed by atoms with Crippen LogP contribution in [0.4, 0.5) is 5.95 Å². The van der Waals surface area contributed by atoms with E-state index in [9.17, 15) is 0 Å². The van der Waals surface area contributed by atoms with Crippen LogP contribution in [0.2, 0.25) is 0 Å². The molecule has 0 fully saturated rings. The van der Waals surface area contributed by atoms with E-state index in [1.807, 2.05) is 30.5 Å². The van der Waals surface area contributed by atoms with Gasteiger partial charge in [-0.05, 0) is 40.2 Å². The molecule has 0 atom stereocenters. The van der Waals surface area contributed by atoms with E-state index in [4.69, 9.17) is 10.5 Å². The van der Waals surface area contributed by atoms with Crippen molar-refractivity contribution in [1.29, 1.82) is 0 Å². The number of nitrogen functional groups attached to an aromatic ring is 1. The van der Waals surface area contributed by atoms with Crippen LogP contribution < -0.4 is 10.5 Å². The van der Waals surface area contributed by atoms with Gasteiger partial charge in [-0.25, -0.2) is 4.98 Å². The van der Waals surface area contributed by atoms with Gasteiger partial charge in [-0.3, -0.25) is 4.57 Å². The van der Waals surface area contributed by atoms with E-state index in [1.165, 1.54) is 0 Å². The van der Waals surface area contributed by atoms with Crippen LogP contribution in [-0.4, -0.2) is 16.7 Å². The van der Waals surface area contributed by atoms with Crippen molar-refractivity contribution < 1.29 is 4.74 Å². The van der Waals surface area contributed by atoms with E-state index in [0.29, 0.717) is 5.95 Å². The van der Waals surface area contributed by atoms with Gasteiger partial charge in [-0.1, -0.05) is 0 Å². The standard InChI is InChI=1S/C10H10BrN3O/c1-15-8-4-2-7(3-5-8)14-6-9(11)13-10(14)12/h2-6H,1H3,(H2,12,13). The quantitative estimate of drug-likeness (QED) is 0.908. The predicted octanol–water partition coefficient (Wildman–Crippen LogP) is 2.23. The van der Waals surface area contributed by atoms with Gasteiger partial charge >= 0.3 is 0 Å². The average molecular weight is 268 g/mol. The van der Waals surface area contributed by atoms with Gasteiger partial charge in [0.1, 0.15) is 10.4 Å². The van der Waals surface area contributed by atoms with Crippen molar-refractivity contribution in [1.82, 2.24) is 9.55 Å². The van der Waals surface area contributed by atoms with Crippen LogP contribution >= 0.6 is 15.9 Å². The van der Waals surface area contributed by atoms with E-state index in [2.05, 4.69) is 20.9 Å². The van der Waals surface area contributed by atoms with Gasteiger partial charge in [0.25, 0.3) is 0 Å². The molecule has 1 aromatic carbocycles. The summed E-state index contributed by atoms with van der Waals surface area (Å²) in [5.41, 5.74) is 6.69. The number of imidazole rings is 1. The van der Waals surface area contributed by atoms with Crippen molar-refractivity contribution in [3.63, 3.8) is 0 Å². The minimum Gasteiger partial charge on any atom is -0.497 e. The lowest BCUT2D eigenvalue weighted by Crippen LogP contribution is -1.99. The Balaban J connectivity index is 2.41. The lowest BCUT2D eigenvalue weighted by molar-refractivity contribution is 0.415. The summed E-state index contributed by atoms with van der Waals surface area (Å²) in [6.45, 7) is 0. The number of nitrogens with zero attached hydrogens (tertiary/aromatic N) is 2. The molecule has 0 aliphatic carbocycles. The number of rotatable bonds is 2. The second-order valence-electron chi connectivity index (χ2n) is 2.99. The number of benzene rings is 1. The van der Waals surface area contributed by atoms with Crippen LogP contribution in [0.5, 0.6) is 5.75 Å². The molecule has 0 spiro atoms. The first-order valence-corrected chi connectivity index (χ1v) is 5.15. The van der Waals surface area contributed by atoms with Gasteiger partial charge in [0.05, 0.1) is 7.11 Å². The minimum atomic E-state index is 0.451. The SMILES string of the molecule is COc1ccc(-n2cc(Br)nc2N)cc1. The van der Waals surface area contributed by atoms with Crippen LogP contribution in [0, 0.1) is 0 Å². The molecule has 0 aliphatic rings. The highest BCUT2D eigenvalue weighted by molar-refractivity contribution is 9.10. The van der Waals surface area contributed by atoms with Gasteiger partial charge < -0.3 is 10.5 Å². The number of ether oxygens (including phenoxy) is 1. The van der Waals surface area contributed by atoms with Gasteiger partial charge in [0.15, 0.2) is 0 Å². The van der Waals surface area contributed by atoms with E-state index in [0.717, 1.165) is 16.0 Å². The maximum absolute atomic E-state index is 5.73. The second kappa shape index (κ2) is 3.94. The molecule has 0 unspecified atom stereocenters. The highest BCUT2D eigenvalue weighted by atomic mass is 79.9. The fraction of sp³-hybridized carbons (Fsp3) is 0.100. The van der Waals surface area contributed by atoms with E-state index >= 15 is 0 Å². The smallest absolute Gasteiger partial charge is 0.205 e. The Bertz CT molecular complexity index is 464. The zero-order chi connectivity index (χ0) is 10.8. The fourth-order valence-electron chi connectivity index (χ4n) is 1.31. The lowest BCUT2D eigenvalue weighted by atomic mass is 10.3. The molecule has 0 saturated heterocycles. The molecule has 0 bridgehead atoms. The van der Waals surface area contributed by atoms with Crippen molar-refractivity contribution in [3.8, 4) is 11.4 Å². The van der Waals surface area contributed by atoms with Crippen molar-refractivity contribution >= 4 is 21.9 Å². The van der Waals surface area contributed by atoms with Gasteiger partial charge in [-0.2, -0.15) is 0 Å². The normalized spacial score (nSPS) is 10.3. The molecule has 0 amide bonds. The summed E-state index contributed by atoms with van der Waals surface area (Å²) in [5, 5.41) is 0. The molecule has 1 heterocycles. The molecule has 4 nitrogen and oxygen atoms in total. The molecular weight excluding hydrogens is 258 g/mol. The first kappa shape index (κ1) is 10.0. The number of hydrogen-bond donors (Lipinski definition) is 1. The van der Waals surface area contributed by atoms with Crippen LogP contribution in [-0.2, 0) is 0 Å². The van der Waals surface area contributed by atoms with E-state index in [-0.39, 0.29) is 0 Å². The summed E-state index contributed by atoms with van der Waals surface area (Å²) in [6.07, 6.45) is 1.82. The molecule has 78 valence electrons. The molecule has 2 N–H and O–H groups in total. The van der Waals surface area contributed by atoms with Crippen LogP contribution in [0.1, 0.15) is 0 Å². The fourth-order valence-corrected chi connectivity index (χ4v) is 1.70. The van der Waals surface area contributed by atoms with Crippen molar-refractivity contribution in [2.24, 2.45) is 0 Å². The minimum absolute atomic E-state index is 0.451. The maximum Gasteiger partial charge on any atom is 0.205 e. The summed E-state index contributed by atoms with van der Waals surface area (Å²) in [5.74, 6) is 1.27. The van der Waals surface area contributed by atoms with Crippen molar-refractivity contribution in [2.45, 2.75) is 0 Å². The lowest BCUT2D eigenvalue weighted by Gasteiger charge is -2.05. The van der Waals surface area contributed by atoms with Gasteiger partial charge in [-0.15, -0.1) is 0 Å². The molecule has 0 saturated carbocycles. The van der Waals surface area contributed by atoms with Gasteiger partial charge in [0, 0.05) is 11.9 Å². The predicted molar refractivity (Wildman–Crippen MR) is 62.2 cm³/mol. The summed E-state index contributed by atoms with van der Waals surface area (Å²) in [7, 11) is 1.64. The number of nitrogens with two attached hydrogens (primary N) is 1. The van der Waals surface area contributed by atoms with E-state index in [1.54, 1.807) is 11.7 Å². The third kappa shape index (κ3) is 1.97. The Morgan fingerprint density at radius 2 is 2.00 bits per heavy atom. The monoisotopic (exact) mass is 267 g/mol. The number of anilines is 1. The first-order chi connectivity index (χ1) is 7.20. The molecule has 2 rings (SSSR count). The molecule has 0 aliphatic heterocycles. The summed E-state index contributed by atoms with van der Waals surface area (Å²) in [6, 6.07) is 7.60. The van der Waals surface area contributed by atoms with Crippen LogP contribution in [0.15, 0.2) is 35.1 Å². The first-order valence-electron chi connectivity index (χ1n) is 4.35. The van der Waals surface area contributed by atoms with Crippen molar-refractivity contribution in [2.75, 3.05) is 12.8 Å². The zero-order valence-electron chi connectivity index (χ0n) is 8.14. The average Bonchev–Trinajstić information content (AvgIpc) is 2.58. The Morgan fingerprint density at radius 3 is 2.47 bits per heavy atom. The summed E-state index contributed by atoms with van der Waals surface area (Å²) >= 11 is 3.27. The number of hydrogen-bond acceptors (Lipinski definition) is 3. The Hall–Kier alpha value is -1.49. The van der Waals surface area contributed by atoms with Gasteiger partial charge in [0.2, 0.25) is 5.95 Å². The summed E-state index contributed by atoms with van der Waals surface area (Å²) in [4.78, 5) is 4.06. The van der Waals surface area contributed by atoms with Crippen LogP contribution in [0.3, 0.4) is 0 Å². The third-order valence-corrected chi connectivity index (χ3v) is 2.44. The molecular formula is C10H10BrN3O. The molecule has 2 aromatic rings. The Labute approximate surface area is 95.8 Å². The van der Waals surface area contributed by atoms with Crippen LogP contribution in [0.25, 0.3) is 5.69 Å². The van der Waals surface area contributed by atoms with Crippen molar-refractivity contribution in [3.05, 3.63) is 35.1 Å². The molecule has 1 aromatic heterocycles. The Morgan fingerprint density at radius 1 is 1.33 bits per heavy atom. The molecule has 5 heteroatoms. The third-order valence-electron chi connectivity index (χ3n) is 2.05. The largest absolute Gasteiger partial charge is 0.497 e. The number of methoxy groups -OCH3 is 1. The highest BCUT2D eigenvalue weighted by Gasteiger charge is 2.04. The zero-order valence-corrected chi connectivity index (χ0v) is 9.73. The number of halogens is 1. The molecule has 15 heavy (non-hydrogen) atoms.